The van der Waals surface area contributed by atoms with Crippen molar-refractivity contribution in [3.63, 3.8) is 0 Å². The molecule has 1 unspecified atom stereocenters. The smallest absolute Gasteiger partial charge is 0.0883 e. The van der Waals surface area contributed by atoms with E-state index in [4.69, 9.17) is 9.47 Å². The molecular weight excluding hydrogens is 200 g/mol. The fraction of sp³-hybridized carbons (Fsp3) is 1.00. The number of ether oxygens (including phenoxy) is 2. The number of rotatable bonds is 10. The van der Waals surface area contributed by atoms with Crippen molar-refractivity contribution in [3.8, 4) is 0 Å². The van der Waals surface area contributed by atoms with Crippen LogP contribution in [0.3, 0.4) is 0 Å². The second-order valence-electron chi connectivity index (χ2n) is 5.09. The van der Waals surface area contributed by atoms with Crippen molar-refractivity contribution in [1.29, 1.82) is 0 Å². The molecule has 0 fully saturated rings. The third-order valence-electron chi connectivity index (χ3n) is 3.41. The fourth-order valence-corrected chi connectivity index (χ4v) is 1.99. The van der Waals surface area contributed by atoms with Gasteiger partial charge in [0.25, 0.3) is 0 Å². The SMILES string of the molecule is CCCCCCCCC(OC)C(C)(C)OC. The highest BCUT2D eigenvalue weighted by atomic mass is 16.5. The van der Waals surface area contributed by atoms with Gasteiger partial charge in [-0.25, -0.2) is 0 Å². The molecule has 0 saturated carbocycles. The molecule has 0 radical (unpaired) electrons. The van der Waals surface area contributed by atoms with Gasteiger partial charge < -0.3 is 9.47 Å². The highest BCUT2D eigenvalue weighted by Crippen LogP contribution is 2.22. The first-order chi connectivity index (χ1) is 7.58. The number of hydrogen-bond acceptors (Lipinski definition) is 2. The first-order valence-electron chi connectivity index (χ1n) is 6.66. The molecule has 98 valence electrons. The maximum absolute atomic E-state index is 5.51. The Hall–Kier alpha value is -0.0800. The van der Waals surface area contributed by atoms with Crippen LogP contribution in [0.5, 0.6) is 0 Å². The monoisotopic (exact) mass is 230 g/mol. The Morgan fingerprint density at radius 2 is 1.50 bits per heavy atom. The zero-order valence-corrected chi connectivity index (χ0v) is 11.8. The van der Waals surface area contributed by atoms with Crippen LogP contribution in [0.25, 0.3) is 0 Å². The summed E-state index contributed by atoms with van der Waals surface area (Å²) in [4.78, 5) is 0. The maximum Gasteiger partial charge on any atom is 0.0883 e. The van der Waals surface area contributed by atoms with Crippen LogP contribution in [0.4, 0.5) is 0 Å². The van der Waals surface area contributed by atoms with E-state index in [0.717, 1.165) is 6.42 Å². The van der Waals surface area contributed by atoms with Gasteiger partial charge in [-0.15, -0.1) is 0 Å². The van der Waals surface area contributed by atoms with Crippen molar-refractivity contribution in [2.24, 2.45) is 0 Å². The highest BCUT2D eigenvalue weighted by Gasteiger charge is 2.28. The van der Waals surface area contributed by atoms with Gasteiger partial charge >= 0.3 is 0 Å². The van der Waals surface area contributed by atoms with Gasteiger partial charge in [0.15, 0.2) is 0 Å². The summed E-state index contributed by atoms with van der Waals surface area (Å²) in [5, 5.41) is 0. The summed E-state index contributed by atoms with van der Waals surface area (Å²) < 4.78 is 11.0. The highest BCUT2D eigenvalue weighted by molar-refractivity contribution is 4.79. The van der Waals surface area contributed by atoms with E-state index in [-0.39, 0.29) is 11.7 Å². The van der Waals surface area contributed by atoms with Gasteiger partial charge in [0.2, 0.25) is 0 Å². The van der Waals surface area contributed by atoms with Gasteiger partial charge in [-0.3, -0.25) is 0 Å². The minimum atomic E-state index is -0.168. The Labute approximate surface area is 102 Å². The predicted octanol–water partition coefficient (Wildman–Crippen LogP) is 4.18. The molecule has 0 heterocycles. The molecule has 0 amide bonds. The molecule has 2 nitrogen and oxygen atoms in total. The van der Waals surface area contributed by atoms with Crippen molar-refractivity contribution in [2.45, 2.75) is 77.4 Å². The summed E-state index contributed by atoms with van der Waals surface area (Å²) in [5.74, 6) is 0. The van der Waals surface area contributed by atoms with Crippen LogP contribution in [0, 0.1) is 0 Å². The van der Waals surface area contributed by atoms with E-state index in [0.29, 0.717) is 0 Å². The lowest BCUT2D eigenvalue weighted by Crippen LogP contribution is -2.39. The standard InChI is InChI=1S/C14H30O2/c1-6-7-8-9-10-11-12-13(15-4)14(2,3)16-5/h13H,6-12H2,1-5H3. The van der Waals surface area contributed by atoms with E-state index in [1.807, 2.05) is 0 Å². The molecule has 0 N–H and O–H groups in total. The van der Waals surface area contributed by atoms with Crippen molar-refractivity contribution >= 4 is 0 Å². The molecule has 0 aliphatic rings. The van der Waals surface area contributed by atoms with Gasteiger partial charge in [-0.05, 0) is 20.3 Å². The summed E-state index contributed by atoms with van der Waals surface area (Å²) >= 11 is 0. The number of methoxy groups -OCH3 is 2. The molecule has 16 heavy (non-hydrogen) atoms. The van der Waals surface area contributed by atoms with Crippen LogP contribution in [-0.2, 0) is 9.47 Å². The molecule has 0 aromatic carbocycles. The molecule has 0 aliphatic carbocycles. The molecule has 0 aromatic heterocycles. The third-order valence-corrected chi connectivity index (χ3v) is 3.41. The van der Waals surface area contributed by atoms with E-state index in [1.165, 1.54) is 38.5 Å². The van der Waals surface area contributed by atoms with Crippen molar-refractivity contribution in [2.75, 3.05) is 14.2 Å². The van der Waals surface area contributed by atoms with Gasteiger partial charge in [-0.1, -0.05) is 45.4 Å². The quantitative estimate of drug-likeness (QED) is 0.524. The first kappa shape index (κ1) is 15.9. The average Bonchev–Trinajstić information content (AvgIpc) is 2.28. The Morgan fingerprint density at radius 1 is 0.938 bits per heavy atom. The average molecular weight is 230 g/mol. The molecule has 0 aromatic rings. The predicted molar refractivity (Wildman–Crippen MR) is 69.9 cm³/mol. The Bertz CT molecular complexity index is 155. The van der Waals surface area contributed by atoms with Gasteiger partial charge in [0.1, 0.15) is 0 Å². The van der Waals surface area contributed by atoms with Crippen molar-refractivity contribution in [3.05, 3.63) is 0 Å². The van der Waals surface area contributed by atoms with Crippen molar-refractivity contribution < 1.29 is 9.47 Å². The largest absolute Gasteiger partial charge is 0.378 e. The molecule has 0 bridgehead atoms. The third kappa shape index (κ3) is 6.49. The van der Waals surface area contributed by atoms with Crippen LogP contribution < -0.4 is 0 Å². The first-order valence-corrected chi connectivity index (χ1v) is 6.66. The second-order valence-corrected chi connectivity index (χ2v) is 5.09. The summed E-state index contributed by atoms with van der Waals surface area (Å²) in [5.41, 5.74) is -0.168. The Kier molecular flexibility index (Phi) is 8.96. The number of hydrogen-bond donors (Lipinski definition) is 0. The normalized spacial score (nSPS) is 14.1. The zero-order valence-electron chi connectivity index (χ0n) is 11.8. The van der Waals surface area contributed by atoms with Crippen LogP contribution in [-0.4, -0.2) is 25.9 Å². The van der Waals surface area contributed by atoms with E-state index < -0.39 is 0 Å². The van der Waals surface area contributed by atoms with E-state index >= 15 is 0 Å². The van der Waals surface area contributed by atoms with Crippen LogP contribution >= 0.6 is 0 Å². The number of unbranched alkanes of at least 4 members (excludes halogenated alkanes) is 5. The van der Waals surface area contributed by atoms with Gasteiger partial charge in [0.05, 0.1) is 11.7 Å². The minimum absolute atomic E-state index is 0.168. The second kappa shape index (κ2) is 9.00. The van der Waals surface area contributed by atoms with Gasteiger partial charge in [0, 0.05) is 14.2 Å². The summed E-state index contributed by atoms with van der Waals surface area (Å²) in [6, 6.07) is 0. The minimum Gasteiger partial charge on any atom is -0.378 e. The molecule has 0 spiro atoms. The van der Waals surface area contributed by atoms with Crippen LogP contribution in [0.2, 0.25) is 0 Å². The maximum atomic E-state index is 5.51. The molecular formula is C14H30O2. The zero-order chi connectivity index (χ0) is 12.4. The van der Waals surface area contributed by atoms with E-state index in [1.54, 1.807) is 14.2 Å². The molecule has 0 rings (SSSR count). The molecule has 2 heteroatoms. The lowest BCUT2D eigenvalue weighted by Gasteiger charge is -2.32. The topological polar surface area (TPSA) is 18.5 Å². The van der Waals surface area contributed by atoms with Crippen LogP contribution in [0.1, 0.15) is 65.7 Å². The lowest BCUT2D eigenvalue weighted by atomic mass is 9.95. The summed E-state index contributed by atoms with van der Waals surface area (Å²) in [6.45, 7) is 6.44. The van der Waals surface area contributed by atoms with E-state index in [9.17, 15) is 0 Å². The fourth-order valence-electron chi connectivity index (χ4n) is 1.99. The summed E-state index contributed by atoms with van der Waals surface area (Å²) in [6.07, 6.45) is 9.30. The van der Waals surface area contributed by atoms with Crippen molar-refractivity contribution in [1.82, 2.24) is 0 Å². The van der Waals surface area contributed by atoms with Crippen LogP contribution in [0.15, 0.2) is 0 Å². The Balaban J connectivity index is 3.64. The Morgan fingerprint density at radius 3 is 2.00 bits per heavy atom. The molecule has 0 aliphatic heterocycles. The summed E-state index contributed by atoms with van der Waals surface area (Å²) in [7, 11) is 3.54. The van der Waals surface area contributed by atoms with E-state index in [2.05, 4.69) is 20.8 Å². The van der Waals surface area contributed by atoms with Gasteiger partial charge in [-0.2, -0.15) is 0 Å². The molecule has 0 saturated heterocycles. The lowest BCUT2D eigenvalue weighted by molar-refractivity contribution is -0.0979. The molecule has 1 atom stereocenters.